The molecule has 0 atom stereocenters. The van der Waals surface area contributed by atoms with Crippen molar-refractivity contribution in [3.63, 3.8) is 0 Å². The Morgan fingerprint density at radius 1 is 1.24 bits per heavy atom. The van der Waals surface area contributed by atoms with E-state index in [0.29, 0.717) is 10.6 Å². The average molecular weight is 410 g/mol. The van der Waals surface area contributed by atoms with E-state index in [1.807, 2.05) is 24.3 Å². The summed E-state index contributed by atoms with van der Waals surface area (Å²) in [5.41, 5.74) is 4.63. The number of amides is 1. The zero-order valence-electron chi connectivity index (χ0n) is 15.4. The van der Waals surface area contributed by atoms with Crippen molar-refractivity contribution in [3.05, 3.63) is 71.1 Å². The molecular formula is C21H16ClN3O4. The number of carbonyl (C=O) groups excluding carboxylic acids is 2. The number of hydrazone groups is 1. The third-order valence-electron chi connectivity index (χ3n) is 4.42. The van der Waals surface area contributed by atoms with Gasteiger partial charge in [-0.2, -0.15) is 5.10 Å². The molecule has 4 rings (SSSR count). The normalized spacial score (nSPS) is 11.4. The van der Waals surface area contributed by atoms with Crippen LogP contribution in [0.3, 0.4) is 0 Å². The molecule has 0 radical (unpaired) electrons. The minimum Gasteiger partial charge on any atom is -0.468 e. The fourth-order valence-electron chi connectivity index (χ4n) is 3.05. The first-order chi connectivity index (χ1) is 14.0. The van der Waals surface area contributed by atoms with Crippen molar-refractivity contribution >= 4 is 51.6 Å². The molecule has 2 aromatic heterocycles. The van der Waals surface area contributed by atoms with Gasteiger partial charge in [0.1, 0.15) is 12.1 Å². The van der Waals surface area contributed by atoms with E-state index in [2.05, 4.69) is 10.5 Å². The first-order valence-corrected chi connectivity index (χ1v) is 9.10. The lowest BCUT2D eigenvalue weighted by molar-refractivity contribution is -0.141. The molecule has 4 aromatic rings. The van der Waals surface area contributed by atoms with Gasteiger partial charge in [-0.25, -0.2) is 5.43 Å². The van der Waals surface area contributed by atoms with E-state index in [1.165, 1.54) is 13.3 Å². The third-order valence-corrected chi connectivity index (χ3v) is 4.65. The molecule has 8 heteroatoms. The monoisotopic (exact) mass is 409 g/mol. The molecule has 7 nitrogen and oxygen atoms in total. The summed E-state index contributed by atoms with van der Waals surface area (Å²) in [6.45, 7) is 0.0821. The Hall–Kier alpha value is -3.58. The van der Waals surface area contributed by atoms with Crippen LogP contribution in [0.4, 0.5) is 0 Å². The van der Waals surface area contributed by atoms with Gasteiger partial charge in [-0.1, -0.05) is 29.8 Å². The van der Waals surface area contributed by atoms with Crippen molar-refractivity contribution in [1.82, 2.24) is 9.99 Å². The minimum absolute atomic E-state index is 0.0821. The standard InChI is InChI=1S/C21H16ClN3O4/c1-28-20(26)12-25-11-14(16-4-2-3-5-17(16)25)10-23-24-21(27)19-9-13-8-15(22)6-7-18(13)29-19/h2-11H,12H2,1H3,(H,24,27)/b23-10+. The zero-order valence-corrected chi connectivity index (χ0v) is 16.1. The lowest BCUT2D eigenvalue weighted by atomic mass is 10.2. The predicted molar refractivity (Wildman–Crippen MR) is 110 cm³/mol. The highest BCUT2D eigenvalue weighted by Gasteiger charge is 2.13. The summed E-state index contributed by atoms with van der Waals surface area (Å²) >= 11 is 5.95. The van der Waals surface area contributed by atoms with Gasteiger partial charge in [0.25, 0.3) is 0 Å². The Kier molecular flexibility index (Phi) is 5.05. The molecule has 1 amide bonds. The molecule has 0 spiro atoms. The number of nitrogens with zero attached hydrogens (tertiary/aromatic N) is 2. The van der Waals surface area contributed by atoms with Gasteiger partial charge in [-0.05, 0) is 30.3 Å². The van der Waals surface area contributed by atoms with Crippen LogP contribution in [0.1, 0.15) is 16.1 Å². The number of benzene rings is 2. The van der Waals surface area contributed by atoms with Gasteiger partial charge >= 0.3 is 11.9 Å². The molecule has 2 aromatic carbocycles. The number of ether oxygens (including phenoxy) is 1. The van der Waals surface area contributed by atoms with Crippen molar-refractivity contribution in [3.8, 4) is 0 Å². The molecule has 0 aliphatic heterocycles. The fraction of sp³-hybridized carbons (Fsp3) is 0.0952. The van der Waals surface area contributed by atoms with E-state index < -0.39 is 5.91 Å². The van der Waals surface area contributed by atoms with E-state index in [1.54, 1.807) is 35.0 Å². The van der Waals surface area contributed by atoms with Crippen molar-refractivity contribution < 1.29 is 18.7 Å². The SMILES string of the molecule is COC(=O)Cn1cc(/C=N/NC(=O)c2cc3cc(Cl)ccc3o2)c2ccccc21. The van der Waals surface area contributed by atoms with Gasteiger partial charge in [0.15, 0.2) is 5.76 Å². The number of carbonyl (C=O) groups is 2. The Labute approximate surface area is 170 Å². The van der Waals surface area contributed by atoms with Crippen LogP contribution in [-0.2, 0) is 16.1 Å². The molecule has 0 unspecified atom stereocenters. The largest absolute Gasteiger partial charge is 0.468 e. The summed E-state index contributed by atoms with van der Waals surface area (Å²) in [6.07, 6.45) is 3.30. The zero-order chi connectivity index (χ0) is 20.4. The Morgan fingerprint density at radius 3 is 2.90 bits per heavy atom. The molecule has 1 N–H and O–H groups in total. The fourth-order valence-corrected chi connectivity index (χ4v) is 3.23. The minimum atomic E-state index is -0.480. The topological polar surface area (TPSA) is 85.8 Å². The molecule has 146 valence electrons. The van der Waals surface area contributed by atoms with Gasteiger partial charge in [-0.15, -0.1) is 0 Å². The third kappa shape index (κ3) is 3.86. The first-order valence-electron chi connectivity index (χ1n) is 8.72. The van der Waals surface area contributed by atoms with Crippen molar-refractivity contribution in [1.29, 1.82) is 0 Å². The van der Waals surface area contributed by atoms with Crippen LogP contribution >= 0.6 is 11.6 Å². The summed E-state index contributed by atoms with van der Waals surface area (Å²) in [7, 11) is 1.35. The van der Waals surface area contributed by atoms with E-state index in [0.717, 1.165) is 21.9 Å². The van der Waals surface area contributed by atoms with Crippen molar-refractivity contribution in [2.45, 2.75) is 6.54 Å². The second-order valence-corrected chi connectivity index (χ2v) is 6.73. The summed E-state index contributed by atoms with van der Waals surface area (Å²) in [6, 6.07) is 14.3. The Morgan fingerprint density at radius 2 is 2.07 bits per heavy atom. The number of furan rings is 1. The summed E-state index contributed by atoms with van der Waals surface area (Å²) in [4.78, 5) is 24.0. The van der Waals surface area contributed by atoms with Crippen LogP contribution < -0.4 is 5.43 Å². The summed E-state index contributed by atoms with van der Waals surface area (Å²) < 4.78 is 12.0. The number of para-hydroxylation sites is 1. The lowest BCUT2D eigenvalue weighted by Gasteiger charge is -2.02. The van der Waals surface area contributed by atoms with E-state index >= 15 is 0 Å². The molecule has 0 aliphatic carbocycles. The number of halogens is 1. The van der Waals surface area contributed by atoms with Gasteiger partial charge in [0.2, 0.25) is 0 Å². The number of rotatable bonds is 5. The van der Waals surface area contributed by atoms with Crippen LogP contribution in [0, 0.1) is 0 Å². The van der Waals surface area contributed by atoms with E-state index in [-0.39, 0.29) is 18.3 Å². The molecule has 0 fully saturated rings. The molecule has 0 saturated heterocycles. The number of hydrogen-bond acceptors (Lipinski definition) is 5. The predicted octanol–water partition coefficient (Wildman–Crippen LogP) is 3.98. The van der Waals surface area contributed by atoms with Gasteiger partial charge in [-0.3, -0.25) is 9.59 Å². The highest BCUT2D eigenvalue weighted by atomic mass is 35.5. The molecule has 0 saturated carbocycles. The van der Waals surface area contributed by atoms with Crippen LogP contribution in [-0.4, -0.2) is 29.8 Å². The number of aromatic nitrogens is 1. The average Bonchev–Trinajstić information content (AvgIpc) is 3.29. The second-order valence-electron chi connectivity index (χ2n) is 6.30. The number of fused-ring (bicyclic) bond motifs is 2. The number of esters is 1. The maximum absolute atomic E-state index is 12.3. The first kappa shape index (κ1) is 18.8. The summed E-state index contributed by atoms with van der Waals surface area (Å²) in [5, 5.41) is 6.22. The van der Waals surface area contributed by atoms with Crippen molar-refractivity contribution in [2.75, 3.05) is 7.11 Å². The van der Waals surface area contributed by atoms with Crippen LogP contribution in [0.2, 0.25) is 5.02 Å². The highest BCUT2D eigenvalue weighted by molar-refractivity contribution is 6.31. The lowest BCUT2D eigenvalue weighted by Crippen LogP contribution is -2.16. The molecular weight excluding hydrogens is 394 g/mol. The number of hydrogen-bond donors (Lipinski definition) is 1. The van der Waals surface area contributed by atoms with Crippen LogP contribution in [0.5, 0.6) is 0 Å². The van der Waals surface area contributed by atoms with Crippen LogP contribution in [0.25, 0.3) is 21.9 Å². The quantitative estimate of drug-likeness (QED) is 0.307. The highest BCUT2D eigenvalue weighted by Crippen LogP contribution is 2.23. The van der Waals surface area contributed by atoms with E-state index in [4.69, 9.17) is 20.8 Å². The van der Waals surface area contributed by atoms with Crippen LogP contribution in [0.15, 0.2) is 64.2 Å². The van der Waals surface area contributed by atoms with Gasteiger partial charge in [0, 0.05) is 33.1 Å². The van der Waals surface area contributed by atoms with Gasteiger partial charge < -0.3 is 13.7 Å². The number of nitrogens with one attached hydrogen (secondary N) is 1. The molecule has 0 bridgehead atoms. The molecule has 2 heterocycles. The number of methoxy groups -OCH3 is 1. The molecule has 0 aliphatic rings. The van der Waals surface area contributed by atoms with Crippen molar-refractivity contribution in [2.24, 2.45) is 5.10 Å². The summed E-state index contributed by atoms with van der Waals surface area (Å²) in [5.74, 6) is -0.702. The second kappa shape index (κ2) is 7.81. The Balaban J connectivity index is 1.54. The smallest absolute Gasteiger partial charge is 0.325 e. The maximum atomic E-state index is 12.3. The van der Waals surface area contributed by atoms with Gasteiger partial charge in [0.05, 0.1) is 13.3 Å². The van der Waals surface area contributed by atoms with E-state index in [9.17, 15) is 9.59 Å². The Bertz CT molecular complexity index is 1260. The molecule has 29 heavy (non-hydrogen) atoms. The maximum Gasteiger partial charge on any atom is 0.325 e.